The summed E-state index contributed by atoms with van der Waals surface area (Å²) in [7, 11) is 0. The minimum atomic E-state index is -0.0747. The molecule has 0 saturated carbocycles. The maximum atomic E-state index is 7.43. The van der Waals surface area contributed by atoms with E-state index in [1.165, 1.54) is 104 Å². The third-order valence-electron chi connectivity index (χ3n) is 15.9. The van der Waals surface area contributed by atoms with Crippen molar-refractivity contribution in [2.45, 2.75) is 78.6 Å². The van der Waals surface area contributed by atoms with Crippen molar-refractivity contribution >= 4 is 88.5 Å². The maximum Gasteiger partial charge on any atom is 0.256 e. The van der Waals surface area contributed by atoms with Gasteiger partial charge in [0, 0.05) is 49.1 Å². The molecule has 0 radical (unpaired) electrons. The standard InChI is InChI=1S/C66H56BN3O/c1-64(2,3)40-29-31-55-47(35-40)48-36-42(66(7,8)9)38-50-63(48)70(55)58-33-39(34-60-62(58)67(50)49-37-41(65(4,5)6)30-32-59(49)71-60)61-56(68-51-23-14-10-19-43(51)44-20-11-15-24-52(44)68)27-18-28-57(61)69-53-25-16-12-21-45(53)46-22-13-17-26-54(46)69/h10-38H,1-9H3. The summed E-state index contributed by atoms with van der Waals surface area (Å²) in [6.07, 6.45) is 0. The molecule has 0 spiro atoms. The lowest BCUT2D eigenvalue weighted by Gasteiger charge is -2.35. The molecule has 14 rings (SSSR count). The zero-order chi connectivity index (χ0) is 48.5. The minimum Gasteiger partial charge on any atom is -0.458 e. The normalized spacial score (nSPS) is 13.5. The fourth-order valence-electron chi connectivity index (χ4n) is 12.4. The van der Waals surface area contributed by atoms with Crippen molar-refractivity contribution in [3.05, 3.63) is 193 Å². The van der Waals surface area contributed by atoms with E-state index in [9.17, 15) is 0 Å². The summed E-state index contributed by atoms with van der Waals surface area (Å²) in [5.74, 6) is 1.82. The van der Waals surface area contributed by atoms with Crippen LogP contribution >= 0.6 is 0 Å². The molecular formula is C66H56BN3O. The van der Waals surface area contributed by atoms with Crippen molar-refractivity contribution in [3.8, 4) is 39.7 Å². The largest absolute Gasteiger partial charge is 0.458 e. The number of hydrogen-bond acceptors (Lipinski definition) is 1. The van der Waals surface area contributed by atoms with Gasteiger partial charge in [0.25, 0.3) is 6.71 Å². The van der Waals surface area contributed by atoms with Gasteiger partial charge < -0.3 is 18.4 Å². The summed E-state index contributed by atoms with van der Waals surface area (Å²) < 4.78 is 15.0. The van der Waals surface area contributed by atoms with E-state index in [0.29, 0.717) is 0 Å². The number of ether oxygens (including phenoxy) is 1. The second-order valence-corrected chi connectivity index (χ2v) is 23.4. The summed E-state index contributed by atoms with van der Waals surface area (Å²) in [5, 5.41) is 7.53. The topological polar surface area (TPSA) is 24.0 Å². The average molecular weight is 918 g/mol. The van der Waals surface area contributed by atoms with E-state index >= 15 is 0 Å². The van der Waals surface area contributed by atoms with E-state index in [1.54, 1.807) is 0 Å². The van der Waals surface area contributed by atoms with Crippen molar-refractivity contribution in [1.29, 1.82) is 0 Å². The molecule has 12 aromatic rings. The molecular weight excluding hydrogens is 862 g/mol. The van der Waals surface area contributed by atoms with Crippen LogP contribution in [-0.2, 0) is 16.2 Å². The van der Waals surface area contributed by atoms with Gasteiger partial charge in [-0.1, -0.05) is 165 Å². The van der Waals surface area contributed by atoms with Crippen LogP contribution in [-0.4, -0.2) is 20.4 Å². The van der Waals surface area contributed by atoms with E-state index in [1.807, 2.05) is 0 Å². The Hall–Kier alpha value is -7.76. The first kappa shape index (κ1) is 42.2. The van der Waals surface area contributed by atoms with Crippen LogP contribution in [0.1, 0.15) is 79.0 Å². The number of rotatable bonds is 3. The van der Waals surface area contributed by atoms with Gasteiger partial charge in [-0.2, -0.15) is 0 Å². The van der Waals surface area contributed by atoms with E-state index in [4.69, 9.17) is 4.74 Å². The molecule has 3 aromatic heterocycles. The zero-order valence-corrected chi connectivity index (χ0v) is 42.1. The monoisotopic (exact) mass is 917 g/mol. The molecule has 71 heavy (non-hydrogen) atoms. The van der Waals surface area contributed by atoms with Gasteiger partial charge in [0.2, 0.25) is 0 Å². The van der Waals surface area contributed by atoms with Gasteiger partial charge in [-0.25, -0.2) is 0 Å². The van der Waals surface area contributed by atoms with Crippen molar-refractivity contribution in [2.24, 2.45) is 0 Å². The Morgan fingerprint density at radius 2 is 0.817 bits per heavy atom. The van der Waals surface area contributed by atoms with E-state index < -0.39 is 0 Å². The fraction of sp³-hybridized carbons (Fsp3) is 0.182. The molecule has 344 valence electrons. The van der Waals surface area contributed by atoms with Crippen LogP contribution in [0.4, 0.5) is 0 Å². The van der Waals surface area contributed by atoms with Gasteiger partial charge >= 0.3 is 0 Å². The molecule has 5 heteroatoms. The SMILES string of the molecule is CC(C)(C)c1ccc2c(c1)B1c3c(cc(-c4c(-n5c6ccccc6c6ccccc65)cccc4-n4c5ccccc5c5ccccc54)cc3-n3c4ccc(C(C)(C)C)cc4c4cc(C(C)(C)C)cc1c43)O2. The molecule has 5 heterocycles. The van der Waals surface area contributed by atoms with Gasteiger partial charge in [-0.3, -0.25) is 0 Å². The highest BCUT2D eigenvalue weighted by Gasteiger charge is 2.42. The van der Waals surface area contributed by atoms with Crippen LogP contribution in [0.25, 0.3) is 93.6 Å². The van der Waals surface area contributed by atoms with Crippen LogP contribution in [0, 0.1) is 0 Å². The van der Waals surface area contributed by atoms with Gasteiger partial charge in [0.1, 0.15) is 11.5 Å². The Bertz CT molecular complexity index is 4030. The van der Waals surface area contributed by atoms with Crippen LogP contribution in [0.15, 0.2) is 176 Å². The highest BCUT2D eigenvalue weighted by Crippen LogP contribution is 2.47. The Kier molecular flexibility index (Phi) is 8.56. The van der Waals surface area contributed by atoms with Crippen molar-refractivity contribution < 1.29 is 4.74 Å². The Labute approximate surface area is 415 Å². The van der Waals surface area contributed by atoms with Crippen molar-refractivity contribution in [2.75, 3.05) is 0 Å². The number of nitrogens with zero attached hydrogens (tertiary/aromatic N) is 3. The maximum absolute atomic E-state index is 7.43. The number of para-hydroxylation sites is 4. The number of benzene rings is 9. The van der Waals surface area contributed by atoms with Crippen LogP contribution in [0.2, 0.25) is 0 Å². The van der Waals surface area contributed by atoms with Gasteiger partial charge in [-0.05, 0) is 128 Å². The van der Waals surface area contributed by atoms with Gasteiger partial charge in [0.05, 0.1) is 39.0 Å². The molecule has 2 aliphatic heterocycles. The number of fused-ring (bicyclic) bond motifs is 13. The smallest absolute Gasteiger partial charge is 0.256 e. The Morgan fingerprint density at radius 1 is 0.352 bits per heavy atom. The van der Waals surface area contributed by atoms with Gasteiger partial charge in [0.15, 0.2) is 0 Å². The van der Waals surface area contributed by atoms with Crippen LogP contribution < -0.4 is 21.1 Å². The molecule has 0 aliphatic carbocycles. The summed E-state index contributed by atoms with van der Waals surface area (Å²) in [6, 6.07) is 66.5. The second kappa shape index (κ2) is 14.4. The lowest BCUT2D eigenvalue weighted by atomic mass is 9.34. The summed E-state index contributed by atoms with van der Waals surface area (Å²) in [6.45, 7) is 21.0. The molecule has 0 bridgehead atoms. The zero-order valence-electron chi connectivity index (χ0n) is 42.1. The molecule has 0 fully saturated rings. The Morgan fingerprint density at radius 3 is 1.35 bits per heavy atom. The molecule has 4 nitrogen and oxygen atoms in total. The number of hydrogen-bond donors (Lipinski definition) is 0. The van der Waals surface area contributed by atoms with Gasteiger partial charge in [-0.15, -0.1) is 0 Å². The van der Waals surface area contributed by atoms with Crippen molar-refractivity contribution in [3.63, 3.8) is 0 Å². The molecule has 0 N–H and O–H groups in total. The van der Waals surface area contributed by atoms with E-state index in [0.717, 1.165) is 34.0 Å². The molecule has 0 unspecified atom stereocenters. The third kappa shape index (κ3) is 5.99. The Balaban J connectivity index is 1.16. The third-order valence-corrected chi connectivity index (χ3v) is 15.9. The highest BCUT2D eigenvalue weighted by molar-refractivity contribution is 6.99. The first-order valence-corrected chi connectivity index (χ1v) is 25.4. The molecule has 9 aromatic carbocycles. The molecule has 0 atom stereocenters. The fourth-order valence-corrected chi connectivity index (χ4v) is 12.4. The molecule has 0 amide bonds. The van der Waals surface area contributed by atoms with E-state index in [-0.39, 0.29) is 23.0 Å². The molecule has 2 aliphatic rings. The number of aromatic nitrogens is 3. The average Bonchev–Trinajstić information content (AvgIpc) is 4.00. The quantitative estimate of drug-likeness (QED) is 0.162. The summed E-state index contributed by atoms with van der Waals surface area (Å²) in [4.78, 5) is 0. The lowest BCUT2D eigenvalue weighted by molar-refractivity contribution is 0.486. The predicted molar refractivity (Wildman–Crippen MR) is 302 cm³/mol. The predicted octanol–water partition coefficient (Wildman–Crippen LogP) is 15.5. The summed E-state index contributed by atoms with van der Waals surface area (Å²) in [5.41, 5.74) is 20.4. The van der Waals surface area contributed by atoms with E-state index in [2.05, 4.69) is 252 Å². The first-order chi connectivity index (χ1) is 34.1. The highest BCUT2D eigenvalue weighted by atomic mass is 16.5. The lowest BCUT2D eigenvalue weighted by Crippen LogP contribution is -2.58. The summed E-state index contributed by atoms with van der Waals surface area (Å²) >= 11 is 0. The second-order valence-electron chi connectivity index (χ2n) is 23.4. The first-order valence-electron chi connectivity index (χ1n) is 25.4. The minimum absolute atomic E-state index is 0.0210. The van der Waals surface area contributed by atoms with Crippen molar-refractivity contribution in [1.82, 2.24) is 13.7 Å². The molecule has 0 saturated heterocycles. The van der Waals surface area contributed by atoms with Crippen LogP contribution in [0.3, 0.4) is 0 Å². The van der Waals surface area contributed by atoms with Crippen LogP contribution in [0.5, 0.6) is 11.5 Å².